The highest BCUT2D eigenvalue weighted by Crippen LogP contribution is 2.14. The van der Waals surface area contributed by atoms with Crippen LogP contribution in [0.25, 0.3) is 0 Å². The van der Waals surface area contributed by atoms with Gasteiger partial charge in [0.2, 0.25) is 0 Å². The van der Waals surface area contributed by atoms with Crippen molar-refractivity contribution < 1.29 is 9.47 Å². The van der Waals surface area contributed by atoms with Crippen LogP contribution in [0.2, 0.25) is 0 Å². The summed E-state index contributed by atoms with van der Waals surface area (Å²) in [6.07, 6.45) is -0.0134. The maximum Gasteiger partial charge on any atom is 0.191 e. The Labute approximate surface area is 157 Å². The standard InChI is InChI=1S/C17H29N3O2.HI/c1-6-18-16(20-13-17(2,3)22-5)19-12-15(21-4)14-10-8-7-9-11-14;/h7-11,15H,6,12-13H2,1-5H3,(H2,18,19,20);1H. The van der Waals surface area contributed by atoms with Crippen molar-refractivity contribution in [2.45, 2.75) is 32.5 Å². The van der Waals surface area contributed by atoms with Gasteiger partial charge in [-0.1, -0.05) is 30.3 Å². The van der Waals surface area contributed by atoms with Crippen LogP contribution in [0.15, 0.2) is 35.3 Å². The van der Waals surface area contributed by atoms with Gasteiger partial charge in [0.1, 0.15) is 0 Å². The Bertz CT molecular complexity index is 452. The maximum absolute atomic E-state index is 5.56. The molecule has 6 heteroatoms. The number of hydrogen-bond donors (Lipinski definition) is 2. The van der Waals surface area contributed by atoms with Crippen LogP contribution in [0.4, 0.5) is 0 Å². The van der Waals surface area contributed by atoms with Crippen LogP contribution in [0.5, 0.6) is 0 Å². The zero-order valence-corrected chi connectivity index (χ0v) is 17.1. The van der Waals surface area contributed by atoms with Crippen molar-refractivity contribution >= 4 is 29.9 Å². The molecule has 1 atom stereocenters. The van der Waals surface area contributed by atoms with Gasteiger partial charge in [-0.25, -0.2) is 0 Å². The lowest BCUT2D eigenvalue weighted by Crippen LogP contribution is -2.41. The maximum atomic E-state index is 5.56. The fourth-order valence-electron chi connectivity index (χ4n) is 1.87. The van der Waals surface area contributed by atoms with Gasteiger partial charge in [-0.2, -0.15) is 0 Å². The molecule has 2 N–H and O–H groups in total. The molecule has 0 radical (unpaired) electrons. The molecule has 0 heterocycles. The van der Waals surface area contributed by atoms with Gasteiger partial charge in [0, 0.05) is 27.3 Å². The minimum Gasteiger partial charge on any atom is -0.377 e. The predicted molar refractivity (Wildman–Crippen MR) is 107 cm³/mol. The van der Waals surface area contributed by atoms with Crippen LogP contribution in [-0.4, -0.2) is 45.4 Å². The molecule has 0 aliphatic rings. The zero-order valence-electron chi connectivity index (χ0n) is 14.8. The second-order valence-electron chi connectivity index (χ2n) is 5.67. The number of aliphatic imine (C=N–C) groups is 1. The van der Waals surface area contributed by atoms with Crippen molar-refractivity contribution in [3.63, 3.8) is 0 Å². The van der Waals surface area contributed by atoms with Gasteiger partial charge >= 0.3 is 0 Å². The van der Waals surface area contributed by atoms with Crippen LogP contribution in [0.3, 0.4) is 0 Å². The molecular formula is C17H30IN3O2. The van der Waals surface area contributed by atoms with Crippen LogP contribution < -0.4 is 10.6 Å². The molecule has 0 saturated carbocycles. The summed E-state index contributed by atoms with van der Waals surface area (Å²) in [6.45, 7) is 8.12. The van der Waals surface area contributed by atoms with E-state index >= 15 is 0 Å². The lowest BCUT2D eigenvalue weighted by molar-refractivity contribution is 0.0310. The van der Waals surface area contributed by atoms with E-state index in [1.54, 1.807) is 14.2 Å². The van der Waals surface area contributed by atoms with Gasteiger partial charge in [-0.3, -0.25) is 4.99 Å². The van der Waals surface area contributed by atoms with E-state index in [1.165, 1.54) is 0 Å². The van der Waals surface area contributed by atoms with E-state index in [0.29, 0.717) is 13.1 Å². The van der Waals surface area contributed by atoms with Crippen molar-refractivity contribution in [1.82, 2.24) is 10.6 Å². The molecule has 0 bridgehead atoms. The molecule has 23 heavy (non-hydrogen) atoms. The number of nitrogens with one attached hydrogen (secondary N) is 2. The number of guanidine groups is 1. The fraction of sp³-hybridized carbons (Fsp3) is 0.588. The second kappa shape index (κ2) is 11.6. The molecule has 5 nitrogen and oxygen atoms in total. The van der Waals surface area contributed by atoms with Crippen LogP contribution in [-0.2, 0) is 9.47 Å². The van der Waals surface area contributed by atoms with E-state index < -0.39 is 0 Å². The molecule has 132 valence electrons. The van der Waals surface area contributed by atoms with Gasteiger partial charge in [0.15, 0.2) is 5.96 Å². The van der Waals surface area contributed by atoms with Crippen molar-refractivity contribution in [1.29, 1.82) is 0 Å². The molecule has 0 saturated heterocycles. The summed E-state index contributed by atoms with van der Waals surface area (Å²) in [6, 6.07) is 10.2. The summed E-state index contributed by atoms with van der Waals surface area (Å²) in [4.78, 5) is 4.57. The Morgan fingerprint density at radius 3 is 2.35 bits per heavy atom. The average Bonchev–Trinajstić information content (AvgIpc) is 2.54. The molecule has 1 rings (SSSR count). The summed E-state index contributed by atoms with van der Waals surface area (Å²) < 4.78 is 11.0. The average molecular weight is 435 g/mol. The molecule has 1 unspecified atom stereocenters. The molecule has 0 aliphatic carbocycles. The Balaban J connectivity index is 0.00000484. The molecule has 0 aromatic heterocycles. The van der Waals surface area contributed by atoms with Gasteiger partial charge in [-0.15, -0.1) is 24.0 Å². The molecular weight excluding hydrogens is 405 g/mol. The van der Waals surface area contributed by atoms with Gasteiger partial charge in [0.05, 0.1) is 18.2 Å². The summed E-state index contributed by atoms with van der Waals surface area (Å²) in [5, 5.41) is 6.56. The van der Waals surface area contributed by atoms with Crippen LogP contribution in [0, 0.1) is 0 Å². The first kappa shape index (κ1) is 22.1. The molecule has 0 aliphatic heterocycles. The van der Waals surface area contributed by atoms with Gasteiger partial charge in [0.25, 0.3) is 0 Å². The predicted octanol–water partition coefficient (Wildman–Crippen LogP) is 2.97. The third-order valence-electron chi connectivity index (χ3n) is 3.43. The van der Waals surface area contributed by atoms with Crippen molar-refractivity contribution in [2.24, 2.45) is 4.99 Å². The lowest BCUT2D eigenvalue weighted by Gasteiger charge is -2.22. The normalized spacial score (nSPS) is 13.2. The molecule has 1 aromatic carbocycles. The van der Waals surface area contributed by atoms with E-state index in [0.717, 1.165) is 18.1 Å². The lowest BCUT2D eigenvalue weighted by atomic mass is 10.1. The topological polar surface area (TPSA) is 54.9 Å². The highest BCUT2D eigenvalue weighted by Gasteiger charge is 2.16. The fourth-order valence-corrected chi connectivity index (χ4v) is 1.87. The Morgan fingerprint density at radius 1 is 1.17 bits per heavy atom. The largest absolute Gasteiger partial charge is 0.377 e. The number of rotatable bonds is 8. The van der Waals surface area contributed by atoms with E-state index in [2.05, 4.69) is 27.8 Å². The SMILES string of the molecule is CCNC(=NCC(C)(C)OC)NCC(OC)c1ccccc1.I. The first-order valence-corrected chi connectivity index (χ1v) is 7.67. The monoisotopic (exact) mass is 435 g/mol. The van der Waals surface area contributed by atoms with Gasteiger partial charge in [-0.05, 0) is 26.3 Å². The second-order valence-corrected chi connectivity index (χ2v) is 5.67. The van der Waals surface area contributed by atoms with E-state index in [9.17, 15) is 0 Å². The highest BCUT2D eigenvalue weighted by atomic mass is 127. The molecule has 1 aromatic rings. The van der Waals surface area contributed by atoms with Crippen molar-refractivity contribution in [3.05, 3.63) is 35.9 Å². The minimum absolute atomic E-state index is 0. The van der Waals surface area contributed by atoms with Crippen LogP contribution >= 0.6 is 24.0 Å². The number of methoxy groups -OCH3 is 2. The summed E-state index contributed by atoms with van der Waals surface area (Å²) in [7, 11) is 3.42. The minimum atomic E-state index is -0.275. The quantitative estimate of drug-likeness (QED) is 0.375. The van der Waals surface area contributed by atoms with E-state index in [-0.39, 0.29) is 35.7 Å². The molecule has 0 spiro atoms. The van der Waals surface area contributed by atoms with Crippen molar-refractivity contribution in [3.8, 4) is 0 Å². The number of halogens is 1. The first-order chi connectivity index (χ1) is 10.5. The highest BCUT2D eigenvalue weighted by molar-refractivity contribution is 14.0. The smallest absolute Gasteiger partial charge is 0.191 e. The van der Waals surface area contributed by atoms with Crippen LogP contribution in [0.1, 0.15) is 32.4 Å². The van der Waals surface area contributed by atoms with E-state index in [1.807, 2.05) is 39.0 Å². The Hall–Kier alpha value is -0.860. The Morgan fingerprint density at radius 2 is 1.83 bits per heavy atom. The summed E-state index contributed by atoms with van der Waals surface area (Å²) in [5.41, 5.74) is 0.869. The van der Waals surface area contributed by atoms with Gasteiger partial charge < -0.3 is 20.1 Å². The zero-order chi connectivity index (χ0) is 16.4. The number of ether oxygens (including phenoxy) is 2. The summed E-state index contributed by atoms with van der Waals surface area (Å²) >= 11 is 0. The molecule has 0 amide bonds. The third kappa shape index (κ3) is 8.53. The third-order valence-corrected chi connectivity index (χ3v) is 3.43. The van der Waals surface area contributed by atoms with E-state index in [4.69, 9.17) is 9.47 Å². The number of benzene rings is 1. The summed E-state index contributed by atoms with van der Waals surface area (Å²) in [5.74, 6) is 0.769. The molecule has 0 fully saturated rings. The number of nitrogens with zero attached hydrogens (tertiary/aromatic N) is 1. The first-order valence-electron chi connectivity index (χ1n) is 7.67. The van der Waals surface area contributed by atoms with Crippen molar-refractivity contribution in [2.75, 3.05) is 33.9 Å². The number of hydrogen-bond acceptors (Lipinski definition) is 3. The Kier molecular flexibility index (Phi) is 11.2.